The minimum absolute atomic E-state index is 0.341. The first-order valence-corrected chi connectivity index (χ1v) is 5.45. The molecule has 2 nitrogen and oxygen atoms in total. The van der Waals surface area contributed by atoms with Crippen LogP contribution in [0, 0.1) is 0 Å². The molecule has 0 amide bonds. The molecule has 1 aliphatic carbocycles. The Kier molecular flexibility index (Phi) is 1.96. The van der Waals surface area contributed by atoms with Crippen LogP contribution in [0.4, 0.5) is 0 Å². The van der Waals surface area contributed by atoms with Crippen LogP contribution in [-0.4, -0.2) is 11.0 Å². The van der Waals surface area contributed by atoms with Gasteiger partial charge in [0.05, 0.1) is 5.52 Å². The first-order valence-electron chi connectivity index (χ1n) is 5.45. The molecular formula is C13H14N2. The summed E-state index contributed by atoms with van der Waals surface area (Å²) in [5.41, 5.74) is 8.33. The SMILES string of the molecule is NC1CCC1c1cnc2ccccc2c1. The van der Waals surface area contributed by atoms with Gasteiger partial charge in [-0.05, 0) is 30.5 Å². The Morgan fingerprint density at radius 2 is 2.07 bits per heavy atom. The third kappa shape index (κ3) is 1.41. The highest BCUT2D eigenvalue weighted by Crippen LogP contribution is 2.35. The lowest BCUT2D eigenvalue weighted by atomic mass is 9.76. The molecule has 1 aliphatic rings. The smallest absolute Gasteiger partial charge is 0.0702 e. The number of para-hydroxylation sites is 1. The molecule has 2 unspecified atom stereocenters. The summed E-state index contributed by atoms with van der Waals surface area (Å²) in [5, 5.41) is 1.22. The van der Waals surface area contributed by atoms with E-state index < -0.39 is 0 Å². The lowest BCUT2D eigenvalue weighted by Gasteiger charge is -2.33. The van der Waals surface area contributed by atoms with Crippen molar-refractivity contribution in [2.75, 3.05) is 0 Å². The third-order valence-electron chi connectivity index (χ3n) is 3.37. The predicted molar refractivity (Wildman–Crippen MR) is 61.7 cm³/mol. The van der Waals surface area contributed by atoms with Gasteiger partial charge in [0, 0.05) is 23.5 Å². The third-order valence-corrected chi connectivity index (χ3v) is 3.37. The quantitative estimate of drug-likeness (QED) is 0.764. The van der Waals surface area contributed by atoms with E-state index in [9.17, 15) is 0 Å². The molecule has 2 N–H and O–H groups in total. The summed E-state index contributed by atoms with van der Waals surface area (Å²) in [6, 6.07) is 10.8. The van der Waals surface area contributed by atoms with Gasteiger partial charge in [0.15, 0.2) is 0 Å². The first-order chi connectivity index (χ1) is 7.34. The second kappa shape index (κ2) is 3.31. The lowest BCUT2D eigenvalue weighted by Crippen LogP contribution is -2.37. The van der Waals surface area contributed by atoms with Crippen molar-refractivity contribution in [3.8, 4) is 0 Å². The van der Waals surface area contributed by atoms with E-state index in [0.29, 0.717) is 12.0 Å². The Hall–Kier alpha value is -1.41. The van der Waals surface area contributed by atoms with Crippen LogP contribution in [0.2, 0.25) is 0 Å². The second-order valence-corrected chi connectivity index (χ2v) is 4.31. The zero-order chi connectivity index (χ0) is 10.3. The Morgan fingerprint density at radius 3 is 2.80 bits per heavy atom. The van der Waals surface area contributed by atoms with E-state index in [2.05, 4.69) is 23.2 Å². The van der Waals surface area contributed by atoms with E-state index in [1.54, 1.807) is 0 Å². The molecule has 1 fully saturated rings. The molecule has 0 saturated heterocycles. The van der Waals surface area contributed by atoms with Gasteiger partial charge in [-0.15, -0.1) is 0 Å². The van der Waals surface area contributed by atoms with Crippen molar-refractivity contribution in [2.45, 2.75) is 24.8 Å². The number of fused-ring (bicyclic) bond motifs is 1. The number of nitrogens with two attached hydrogens (primary N) is 1. The van der Waals surface area contributed by atoms with Gasteiger partial charge >= 0.3 is 0 Å². The average molecular weight is 198 g/mol. The highest BCUT2D eigenvalue weighted by atomic mass is 14.7. The van der Waals surface area contributed by atoms with Crippen molar-refractivity contribution in [3.05, 3.63) is 42.1 Å². The maximum atomic E-state index is 5.97. The Bertz CT molecular complexity index is 493. The van der Waals surface area contributed by atoms with Gasteiger partial charge in [-0.2, -0.15) is 0 Å². The fourth-order valence-electron chi connectivity index (χ4n) is 2.23. The molecule has 0 aliphatic heterocycles. The topological polar surface area (TPSA) is 38.9 Å². The maximum absolute atomic E-state index is 5.97. The number of aromatic nitrogens is 1. The van der Waals surface area contributed by atoms with Gasteiger partial charge in [-0.1, -0.05) is 18.2 Å². The monoisotopic (exact) mass is 198 g/mol. The number of hydrogen-bond acceptors (Lipinski definition) is 2. The summed E-state index contributed by atoms with van der Waals surface area (Å²) in [7, 11) is 0. The molecule has 1 aromatic heterocycles. The minimum Gasteiger partial charge on any atom is -0.327 e. The van der Waals surface area contributed by atoms with Crippen molar-refractivity contribution in [1.29, 1.82) is 0 Å². The van der Waals surface area contributed by atoms with Gasteiger partial charge in [-0.25, -0.2) is 0 Å². The van der Waals surface area contributed by atoms with E-state index in [-0.39, 0.29) is 0 Å². The molecule has 76 valence electrons. The molecule has 0 bridgehead atoms. The highest BCUT2D eigenvalue weighted by Gasteiger charge is 2.28. The normalized spacial score (nSPS) is 25.1. The highest BCUT2D eigenvalue weighted by molar-refractivity contribution is 5.78. The summed E-state index contributed by atoms with van der Waals surface area (Å²) >= 11 is 0. The average Bonchev–Trinajstić information content (AvgIpc) is 2.27. The number of nitrogens with zero attached hydrogens (tertiary/aromatic N) is 1. The first kappa shape index (κ1) is 8.86. The van der Waals surface area contributed by atoms with Gasteiger partial charge in [0.2, 0.25) is 0 Å². The van der Waals surface area contributed by atoms with Crippen LogP contribution in [-0.2, 0) is 0 Å². The molecule has 15 heavy (non-hydrogen) atoms. The van der Waals surface area contributed by atoms with Crippen LogP contribution >= 0.6 is 0 Å². The minimum atomic E-state index is 0.341. The van der Waals surface area contributed by atoms with Gasteiger partial charge in [-0.3, -0.25) is 4.98 Å². The molecule has 2 aromatic rings. The van der Waals surface area contributed by atoms with Crippen LogP contribution in [0.3, 0.4) is 0 Å². The summed E-state index contributed by atoms with van der Waals surface area (Å²) in [4.78, 5) is 4.46. The summed E-state index contributed by atoms with van der Waals surface area (Å²) in [5.74, 6) is 0.530. The van der Waals surface area contributed by atoms with Crippen LogP contribution in [0.1, 0.15) is 24.3 Å². The largest absolute Gasteiger partial charge is 0.327 e. The molecule has 0 radical (unpaired) electrons. The van der Waals surface area contributed by atoms with E-state index >= 15 is 0 Å². The van der Waals surface area contributed by atoms with Crippen LogP contribution in [0.25, 0.3) is 10.9 Å². The number of pyridine rings is 1. The fourth-order valence-corrected chi connectivity index (χ4v) is 2.23. The zero-order valence-electron chi connectivity index (χ0n) is 8.56. The van der Waals surface area contributed by atoms with E-state index in [1.807, 2.05) is 18.3 Å². The molecule has 3 rings (SSSR count). The van der Waals surface area contributed by atoms with Crippen molar-refractivity contribution in [1.82, 2.24) is 4.98 Å². The van der Waals surface area contributed by atoms with Crippen molar-refractivity contribution in [2.24, 2.45) is 5.73 Å². The molecule has 0 spiro atoms. The number of hydrogen-bond donors (Lipinski definition) is 1. The van der Waals surface area contributed by atoms with E-state index in [1.165, 1.54) is 17.4 Å². The van der Waals surface area contributed by atoms with Crippen molar-refractivity contribution >= 4 is 10.9 Å². The maximum Gasteiger partial charge on any atom is 0.0702 e. The van der Waals surface area contributed by atoms with E-state index in [0.717, 1.165) is 11.9 Å². The van der Waals surface area contributed by atoms with Crippen LogP contribution in [0.5, 0.6) is 0 Å². The van der Waals surface area contributed by atoms with Crippen molar-refractivity contribution in [3.63, 3.8) is 0 Å². The Labute approximate surface area is 89.1 Å². The van der Waals surface area contributed by atoms with E-state index in [4.69, 9.17) is 5.73 Å². The van der Waals surface area contributed by atoms with Crippen molar-refractivity contribution < 1.29 is 0 Å². The summed E-state index contributed by atoms with van der Waals surface area (Å²) < 4.78 is 0. The standard InChI is InChI=1S/C13H14N2/c14-12-6-5-11(12)10-7-9-3-1-2-4-13(9)15-8-10/h1-4,7-8,11-12H,5-6,14H2. The fraction of sp³-hybridized carbons (Fsp3) is 0.308. The predicted octanol–water partition coefficient (Wildman–Crippen LogP) is 2.44. The Balaban J connectivity index is 2.06. The molecule has 2 heteroatoms. The summed E-state index contributed by atoms with van der Waals surface area (Å²) in [6.07, 6.45) is 4.34. The van der Waals surface area contributed by atoms with Gasteiger partial charge < -0.3 is 5.73 Å². The van der Waals surface area contributed by atoms with Gasteiger partial charge in [0.1, 0.15) is 0 Å². The molecule has 2 atom stereocenters. The molecule has 1 saturated carbocycles. The molecule has 1 heterocycles. The second-order valence-electron chi connectivity index (χ2n) is 4.31. The lowest BCUT2D eigenvalue weighted by molar-refractivity contribution is 0.346. The summed E-state index contributed by atoms with van der Waals surface area (Å²) in [6.45, 7) is 0. The van der Waals surface area contributed by atoms with Crippen LogP contribution < -0.4 is 5.73 Å². The van der Waals surface area contributed by atoms with Crippen LogP contribution in [0.15, 0.2) is 36.5 Å². The Morgan fingerprint density at radius 1 is 1.20 bits per heavy atom. The number of rotatable bonds is 1. The molecular weight excluding hydrogens is 184 g/mol. The molecule has 1 aromatic carbocycles. The zero-order valence-corrected chi connectivity index (χ0v) is 8.56. The number of benzene rings is 1. The van der Waals surface area contributed by atoms with Gasteiger partial charge in [0.25, 0.3) is 0 Å².